The van der Waals surface area contributed by atoms with E-state index in [1.807, 2.05) is 0 Å². The highest BCUT2D eigenvalue weighted by atomic mass is 35.5. The molecule has 2 aromatic rings. The highest BCUT2D eigenvalue weighted by Gasteiger charge is 2.12. The smallest absolute Gasteiger partial charge is 0.255 e. The number of aromatic nitrogens is 1. The molecule has 0 aliphatic rings. The van der Waals surface area contributed by atoms with E-state index in [1.165, 1.54) is 30.5 Å². The topological polar surface area (TPSA) is 76.1 Å². The van der Waals surface area contributed by atoms with E-state index in [9.17, 15) is 13.2 Å². The number of pyridine rings is 1. The molecule has 1 aromatic heterocycles. The summed E-state index contributed by atoms with van der Waals surface area (Å²) in [6.07, 6.45) is 1.44. The fraction of sp³-hybridized carbons (Fsp3) is 0.143. The van der Waals surface area contributed by atoms with Gasteiger partial charge in [-0.3, -0.25) is 4.79 Å². The molecular formula is C14H13ClN2O3S. The van der Waals surface area contributed by atoms with Crippen molar-refractivity contribution in [1.29, 1.82) is 0 Å². The lowest BCUT2D eigenvalue weighted by atomic mass is 10.2. The molecule has 2 rings (SSSR count). The van der Waals surface area contributed by atoms with Gasteiger partial charge in [0.15, 0.2) is 9.84 Å². The molecule has 0 bridgehead atoms. The molecule has 0 saturated carbocycles. The molecule has 0 radical (unpaired) electrons. The molecule has 0 atom stereocenters. The molecule has 0 unspecified atom stereocenters. The first kappa shape index (κ1) is 15.5. The molecule has 1 N–H and O–H groups in total. The molecule has 0 fully saturated rings. The lowest BCUT2D eigenvalue weighted by molar-refractivity contribution is 0.102. The van der Waals surface area contributed by atoms with Crippen molar-refractivity contribution < 1.29 is 13.2 Å². The number of carbonyl (C=O) groups is 1. The molecule has 0 aliphatic heterocycles. The largest absolute Gasteiger partial charge is 0.322 e. The Balaban J connectivity index is 2.16. The van der Waals surface area contributed by atoms with Crippen molar-refractivity contribution in [1.82, 2.24) is 4.98 Å². The van der Waals surface area contributed by atoms with Gasteiger partial charge in [0.1, 0.15) is 5.15 Å². The van der Waals surface area contributed by atoms with Crippen molar-refractivity contribution >= 4 is 33.0 Å². The number of hydrogen-bond donors (Lipinski definition) is 1. The zero-order valence-corrected chi connectivity index (χ0v) is 12.8. The quantitative estimate of drug-likeness (QED) is 0.877. The van der Waals surface area contributed by atoms with Gasteiger partial charge in [-0.25, -0.2) is 13.4 Å². The zero-order chi connectivity index (χ0) is 15.5. The first-order valence-corrected chi connectivity index (χ1v) is 8.21. The predicted octanol–water partition coefficient (Wildman–Crippen LogP) is 2.78. The maximum Gasteiger partial charge on any atom is 0.255 e. The Morgan fingerprint density at radius 2 is 1.90 bits per heavy atom. The Labute approximate surface area is 127 Å². The minimum atomic E-state index is -3.24. The highest BCUT2D eigenvalue weighted by Crippen LogP contribution is 2.16. The minimum absolute atomic E-state index is 0.0359. The van der Waals surface area contributed by atoms with E-state index >= 15 is 0 Å². The maximum atomic E-state index is 12.0. The third-order valence-corrected chi connectivity index (χ3v) is 4.80. The molecule has 1 heterocycles. The van der Waals surface area contributed by atoms with Crippen LogP contribution in [0.15, 0.2) is 47.5 Å². The van der Waals surface area contributed by atoms with Crippen LogP contribution in [-0.2, 0) is 9.84 Å². The maximum absolute atomic E-state index is 12.0. The summed E-state index contributed by atoms with van der Waals surface area (Å²) >= 11 is 5.72. The summed E-state index contributed by atoms with van der Waals surface area (Å²) in [5.41, 5.74) is 0.878. The monoisotopic (exact) mass is 324 g/mol. The number of benzene rings is 1. The summed E-state index contributed by atoms with van der Waals surface area (Å²) in [7, 11) is -3.24. The van der Waals surface area contributed by atoms with Crippen molar-refractivity contribution in [3.8, 4) is 0 Å². The van der Waals surface area contributed by atoms with Gasteiger partial charge in [-0.05, 0) is 36.4 Å². The Kier molecular flexibility index (Phi) is 4.59. The van der Waals surface area contributed by atoms with E-state index < -0.39 is 9.84 Å². The Bertz CT molecular complexity index is 758. The number of halogens is 1. The van der Waals surface area contributed by atoms with Crippen LogP contribution in [0.25, 0.3) is 0 Å². The van der Waals surface area contributed by atoms with Crippen LogP contribution in [0.3, 0.4) is 0 Å². The van der Waals surface area contributed by atoms with E-state index in [-0.39, 0.29) is 21.7 Å². The number of hydrogen-bond acceptors (Lipinski definition) is 4. The lowest BCUT2D eigenvalue weighted by Gasteiger charge is -2.07. The predicted molar refractivity (Wildman–Crippen MR) is 81.4 cm³/mol. The first-order chi connectivity index (χ1) is 9.92. The Morgan fingerprint density at radius 1 is 1.24 bits per heavy atom. The van der Waals surface area contributed by atoms with E-state index in [0.717, 1.165) is 0 Å². The molecule has 0 aliphatic carbocycles. The number of sulfone groups is 1. The SMILES string of the molecule is CCS(=O)(=O)c1ccc(NC(=O)c2ccnc(Cl)c2)cc1. The van der Waals surface area contributed by atoms with Gasteiger partial charge in [-0.2, -0.15) is 0 Å². The summed E-state index contributed by atoms with van der Waals surface area (Å²) in [6.45, 7) is 1.58. The van der Waals surface area contributed by atoms with Gasteiger partial charge >= 0.3 is 0 Å². The molecule has 1 amide bonds. The fourth-order valence-corrected chi connectivity index (χ4v) is 2.72. The van der Waals surface area contributed by atoms with Crippen LogP contribution in [-0.4, -0.2) is 25.1 Å². The van der Waals surface area contributed by atoms with Crippen LogP contribution in [0, 0.1) is 0 Å². The second-order valence-electron chi connectivity index (χ2n) is 4.25. The van der Waals surface area contributed by atoms with Crippen LogP contribution in [0.5, 0.6) is 0 Å². The first-order valence-electron chi connectivity index (χ1n) is 6.18. The summed E-state index contributed by atoms with van der Waals surface area (Å²) in [4.78, 5) is 16.0. The Morgan fingerprint density at radius 3 is 2.48 bits per heavy atom. The van der Waals surface area contributed by atoms with Gasteiger partial charge in [0.2, 0.25) is 0 Å². The molecule has 1 aromatic carbocycles. The van der Waals surface area contributed by atoms with Gasteiger partial charge in [0.05, 0.1) is 10.6 Å². The molecule has 0 spiro atoms. The van der Waals surface area contributed by atoms with Crippen LogP contribution >= 0.6 is 11.6 Å². The number of rotatable bonds is 4. The number of carbonyl (C=O) groups excluding carboxylic acids is 1. The number of nitrogens with one attached hydrogen (secondary N) is 1. The second-order valence-corrected chi connectivity index (χ2v) is 6.91. The third-order valence-electron chi connectivity index (χ3n) is 2.84. The van der Waals surface area contributed by atoms with Crippen molar-refractivity contribution in [2.24, 2.45) is 0 Å². The minimum Gasteiger partial charge on any atom is -0.322 e. The fourth-order valence-electron chi connectivity index (χ4n) is 1.66. The van der Waals surface area contributed by atoms with Gasteiger partial charge in [-0.15, -0.1) is 0 Å². The van der Waals surface area contributed by atoms with E-state index in [0.29, 0.717) is 11.3 Å². The van der Waals surface area contributed by atoms with Crippen molar-refractivity contribution in [3.05, 3.63) is 53.3 Å². The van der Waals surface area contributed by atoms with Crippen LogP contribution in [0.2, 0.25) is 5.15 Å². The molecule has 110 valence electrons. The van der Waals surface area contributed by atoms with E-state index in [4.69, 9.17) is 11.6 Å². The summed E-state index contributed by atoms with van der Waals surface area (Å²) in [5, 5.41) is 2.89. The standard InChI is InChI=1S/C14H13ClN2O3S/c1-2-21(19,20)12-5-3-11(4-6-12)17-14(18)10-7-8-16-13(15)9-10/h3-9H,2H2,1H3,(H,17,18). The molecule has 5 nitrogen and oxygen atoms in total. The summed E-state index contributed by atoms with van der Waals surface area (Å²) in [5.74, 6) is -0.306. The zero-order valence-electron chi connectivity index (χ0n) is 11.2. The average Bonchev–Trinajstić information content (AvgIpc) is 2.48. The van der Waals surface area contributed by atoms with Gasteiger partial charge in [0, 0.05) is 17.4 Å². The number of anilines is 1. The van der Waals surface area contributed by atoms with E-state index in [1.54, 1.807) is 19.1 Å². The molecule has 0 saturated heterocycles. The summed E-state index contributed by atoms with van der Waals surface area (Å²) in [6, 6.07) is 9.01. The Hall–Kier alpha value is -1.92. The molecule has 7 heteroatoms. The molecule has 21 heavy (non-hydrogen) atoms. The number of nitrogens with zero attached hydrogens (tertiary/aromatic N) is 1. The molecular weight excluding hydrogens is 312 g/mol. The van der Waals surface area contributed by atoms with Crippen molar-refractivity contribution in [3.63, 3.8) is 0 Å². The van der Waals surface area contributed by atoms with Crippen molar-refractivity contribution in [2.75, 3.05) is 11.1 Å². The highest BCUT2D eigenvalue weighted by molar-refractivity contribution is 7.91. The summed E-state index contributed by atoms with van der Waals surface area (Å²) < 4.78 is 23.4. The average molecular weight is 325 g/mol. The van der Waals surface area contributed by atoms with Gasteiger partial charge in [-0.1, -0.05) is 18.5 Å². The normalized spacial score (nSPS) is 11.1. The third kappa shape index (κ3) is 3.80. The van der Waals surface area contributed by atoms with Crippen LogP contribution in [0.4, 0.5) is 5.69 Å². The van der Waals surface area contributed by atoms with Gasteiger partial charge in [0.25, 0.3) is 5.91 Å². The van der Waals surface area contributed by atoms with E-state index in [2.05, 4.69) is 10.3 Å². The lowest BCUT2D eigenvalue weighted by Crippen LogP contribution is -2.12. The van der Waals surface area contributed by atoms with Crippen molar-refractivity contribution in [2.45, 2.75) is 11.8 Å². The van der Waals surface area contributed by atoms with Gasteiger partial charge < -0.3 is 5.32 Å². The second kappa shape index (κ2) is 6.24. The number of amides is 1. The van der Waals surface area contributed by atoms with Crippen LogP contribution in [0.1, 0.15) is 17.3 Å². The van der Waals surface area contributed by atoms with Crippen LogP contribution < -0.4 is 5.32 Å².